The fourth-order valence-corrected chi connectivity index (χ4v) is 3.14. The molecular weight excluding hydrogens is 262 g/mol. The van der Waals surface area contributed by atoms with Gasteiger partial charge in [-0.1, -0.05) is 6.07 Å². The van der Waals surface area contributed by atoms with Crippen LogP contribution in [0, 0.1) is 0 Å². The third-order valence-electron chi connectivity index (χ3n) is 4.08. The number of nitrogens with one attached hydrogen (secondary N) is 1. The van der Waals surface area contributed by atoms with Gasteiger partial charge >= 0.3 is 0 Å². The average Bonchev–Trinajstić information content (AvgIpc) is 3.19. The van der Waals surface area contributed by atoms with Crippen molar-refractivity contribution in [2.24, 2.45) is 0 Å². The largest absolute Gasteiger partial charge is 0.370 e. The van der Waals surface area contributed by atoms with Crippen molar-refractivity contribution >= 4 is 0 Å². The maximum absolute atomic E-state index is 5.95. The van der Waals surface area contributed by atoms with Crippen molar-refractivity contribution in [3.63, 3.8) is 0 Å². The number of hydrogen-bond donors (Lipinski definition) is 1. The molecule has 0 radical (unpaired) electrons. The molecule has 0 bridgehead atoms. The van der Waals surface area contributed by atoms with Gasteiger partial charge in [-0.15, -0.1) is 0 Å². The van der Waals surface area contributed by atoms with Crippen molar-refractivity contribution in [3.8, 4) is 0 Å². The number of ether oxygens (including phenoxy) is 1. The van der Waals surface area contributed by atoms with E-state index in [2.05, 4.69) is 48.1 Å². The lowest BCUT2D eigenvalue weighted by Gasteiger charge is -2.41. The normalized spacial score (nSPS) is 26.0. The zero-order valence-corrected chi connectivity index (χ0v) is 13.4. The molecule has 1 aromatic heterocycles. The van der Waals surface area contributed by atoms with E-state index in [1.807, 2.05) is 6.20 Å². The minimum Gasteiger partial charge on any atom is -0.370 e. The smallest absolute Gasteiger partial charge is 0.0757 e. The van der Waals surface area contributed by atoms with Gasteiger partial charge in [-0.2, -0.15) is 0 Å². The van der Waals surface area contributed by atoms with Crippen LogP contribution in [0.4, 0.5) is 0 Å². The highest BCUT2D eigenvalue weighted by Crippen LogP contribution is 2.22. The van der Waals surface area contributed by atoms with Crippen molar-refractivity contribution in [1.29, 1.82) is 0 Å². The molecule has 1 N–H and O–H groups in total. The van der Waals surface area contributed by atoms with Crippen molar-refractivity contribution in [2.45, 2.75) is 64.4 Å². The van der Waals surface area contributed by atoms with Crippen LogP contribution in [0.25, 0.3) is 0 Å². The first-order valence-electron chi connectivity index (χ1n) is 8.07. The second kappa shape index (κ2) is 6.03. The van der Waals surface area contributed by atoms with Crippen LogP contribution in [0.5, 0.6) is 0 Å². The molecule has 1 aliphatic heterocycles. The molecule has 1 aromatic rings. The van der Waals surface area contributed by atoms with Gasteiger partial charge in [0.25, 0.3) is 0 Å². The van der Waals surface area contributed by atoms with Crippen molar-refractivity contribution in [1.82, 2.24) is 15.2 Å². The molecule has 4 heteroatoms. The lowest BCUT2D eigenvalue weighted by molar-refractivity contribution is -0.130. The number of hydrogen-bond acceptors (Lipinski definition) is 4. The molecule has 1 saturated carbocycles. The number of rotatable bonds is 5. The Morgan fingerprint density at radius 3 is 2.81 bits per heavy atom. The Hall–Kier alpha value is -0.970. The Balaban J connectivity index is 1.54. The molecule has 1 unspecified atom stereocenters. The molecule has 3 rings (SSSR count). The summed E-state index contributed by atoms with van der Waals surface area (Å²) in [5.74, 6) is 0. The zero-order valence-electron chi connectivity index (χ0n) is 13.4. The van der Waals surface area contributed by atoms with E-state index in [0.29, 0.717) is 0 Å². The van der Waals surface area contributed by atoms with Crippen LogP contribution in [-0.4, -0.2) is 40.7 Å². The molecule has 2 fully saturated rings. The summed E-state index contributed by atoms with van der Waals surface area (Å²) in [6.45, 7) is 10.3. The van der Waals surface area contributed by atoms with Crippen LogP contribution in [0.1, 0.15) is 44.9 Å². The SMILES string of the molecule is CC1CN(Cc2ccc(CNC3CC3)cn2)CC(C)(C)O1. The lowest BCUT2D eigenvalue weighted by atomic mass is 10.1. The Morgan fingerprint density at radius 2 is 2.19 bits per heavy atom. The van der Waals surface area contributed by atoms with E-state index in [4.69, 9.17) is 4.74 Å². The highest BCUT2D eigenvalue weighted by Gasteiger charge is 2.31. The van der Waals surface area contributed by atoms with Gasteiger partial charge in [0.1, 0.15) is 0 Å². The van der Waals surface area contributed by atoms with Crippen LogP contribution < -0.4 is 5.32 Å². The van der Waals surface area contributed by atoms with E-state index in [0.717, 1.165) is 37.9 Å². The van der Waals surface area contributed by atoms with Crippen LogP contribution >= 0.6 is 0 Å². The fraction of sp³-hybridized carbons (Fsp3) is 0.706. The summed E-state index contributed by atoms with van der Waals surface area (Å²) in [7, 11) is 0. The summed E-state index contributed by atoms with van der Waals surface area (Å²) in [6, 6.07) is 5.12. The Bertz CT molecular complexity index is 467. The van der Waals surface area contributed by atoms with E-state index in [1.165, 1.54) is 18.4 Å². The quantitative estimate of drug-likeness (QED) is 0.903. The summed E-state index contributed by atoms with van der Waals surface area (Å²) < 4.78 is 5.95. The summed E-state index contributed by atoms with van der Waals surface area (Å²) in [5.41, 5.74) is 2.36. The van der Waals surface area contributed by atoms with Crippen molar-refractivity contribution in [2.75, 3.05) is 13.1 Å². The molecule has 1 saturated heterocycles. The van der Waals surface area contributed by atoms with Crippen LogP contribution in [0.2, 0.25) is 0 Å². The molecule has 2 heterocycles. The van der Waals surface area contributed by atoms with Crippen LogP contribution in [0.15, 0.2) is 18.3 Å². The van der Waals surface area contributed by atoms with Gasteiger partial charge in [0.2, 0.25) is 0 Å². The first kappa shape index (κ1) is 14.9. The second-order valence-electron chi connectivity index (χ2n) is 7.17. The van der Waals surface area contributed by atoms with Gasteiger partial charge in [0.05, 0.1) is 17.4 Å². The molecule has 4 nitrogen and oxygen atoms in total. The fourth-order valence-electron chi connectivity index (χ4n) is 3.14. The summed E-state index contributed by atoms with van der Waals surface area (Å²) >= 11 is 0. The third-order valence-corrected chi connectivity index (χ3v) is 4.08. The number of nitrogens with zero attached hydrogens (tertiary/aromatic N) is 2. The standard InChI is InChI=1S/C17H27N3O/c1-13-10-20(12-17(2,3)21-13)11-16-5-4-14(9-19-16)8-18-15-6-7-15/h4-5,9,13,15,18H,6-8,10-12H2,1-3H3. The topological polar surface area (TPSA) is 37.4 Å². The molecule has 0 amide bonds. The average molecular weight is 289 g/mol. The zero-order chi connectivity index (χ0) is 14.9. The summed E-state index contributed by atoms with van der Waals surface area (Å²) in [6.07, 6.45) is 4.96. The Labute approximate surface area is 127 Å². The monoisotopic (exact) mass is 289 g/mol. The highest BCUT2D eigenvalue weighted by molar-refractivity contribution is 5.14. The predicted octanol–water partition coefficient (Wildman–Crippen LogP) is 2.33. The van der Waals surface area contributed by atoms with Crippen LogP contribution in [0.3, 0.4) is 0 Å². The molecule has 116 valence electrons. The van der Waals surface area contributed by atoms with E-state index in [-0.39, 0.29) is 11.7 Å². The number of aromatic nitrogens is 1. The van der Waals surface area contributed by atoms with Gasteiger partial charge in [-0.05, 0) is 45.2 Å². The van der Waals surface area contributed by atoms with Crippen molar-refractivity contribution < 1.29 is 4.74 Å². The van der Waals surface area contributed by atoms with Crippen LogP contribution in [-0.2, 0) is 17.8 Å². The second-order valence-corrected chi connectivity index (χ2v) is 7.17. The molecule has 1 atom stereocenters. The minimum absolute atomic E-state index is 0.0637. The number of morpholine rings is 1. The summed E-state index contributed by atoms with van der Waals surface area (Å²) in [4.78, 5) is 7.06. The van der Waals surface area contributed by atoms with E-state index >= 15 is 0 Å². The van der Waals surface area contributed by atoms with Gasteiger partial charge < -0.3 is 10.1 Å². The van der Waals surface area contributed by atoms with Gasteiger partial charge in [-0.3, -0.25) is 9.88 Å². The van der Waals surface area contributed by atoms with E-state index < -0.39 is 0 Å². The maximum atomic E-state index is 5.95. The predicted molar refractivity (Wildman–Crippen MR) is 84.0 cm³/mol. The van der Waals surface area contributed by atoms with E-state index in [1.54, 1.807) is 0 Å². The van der Waals surface area contributed by atoms with Crippen molar-refractivity contribution in [3.05, 3.63) is 29.6 Å². The Kier molecular flexibility index (Phi) is 4.29. The van der Waals surface area contributed by atoms with Gasteiger partial charge in [-0.25, -0.2) is 0 Å². The molecule has 0 aromatic carbocycles. The summed E-state index contributed by atoms with van der Waals surface area (Å²) in [5, 5.41) is 3.52. The Morgan fingerprint density at radius 1 is 1.38 bits per heavy atom. The third kappa shape index (κ3) is 4.50. The molecular formula is C17H27N3O. The van der Waals surface area contributed by atoms with Gasteiger partial charge in [0, 0.05) is 38.4 Å². The van der Waals surface area contributed by atoms with Gasteiger partial charge in [0.15, 0.2) is 0 Å². The molecule has 1 aliphatic carbocycles. The number of pyridine rings is 1. The highest BCUT2D eigenvalue weighted by atomic mass is 16.5. The molecule has 2 aliphatic rings. The molecule has 21 heavy (non-hydrogen) atoms. The lowest BCUT2D eigenvalue weighted by Crippen LogP contribution is -2.51. The maximum Gasteiger partial charge on any atom is 0.0757 e. The minimum atomic E-state index is -0.0637. The first-order chi connectivity index (χ1) is 10.00. The molecule has 0 spiro atoms. The van der Waals surface area contributed by atoms with E-state index in [9.17, 15) is 0 Å². The first-order valence-corrected chi connectivity index (χ1v) is 8.07.